The minimum atomic E-state index is -2.78. The number of thiophene rings is 1. The van der Waals surface area contributed by atoms with E-state index in [1.165, 1.54) is 6.20 Å². The first-order valence-electron chi connectivity index (χ1n) is 17.4. The molecule has 5 aromatic rings. The van der Waals surface area contributed by atoms with E-state index in [4.69, 9.17) is 20.6 Å². The molecule has 34 heavy (non-hydrogen) atoms. The van der Waals surface area contributed by atoms with Crippen LogP contribution < -0.4 is 0 Å². The maximum Gasteiger partial charge on any atom is 0.0832 e. The standard InChI is InChI=1S/C18H14NS.C12H10N.Ir/c1-12-9-10-16(19-11-12)15-7-4-6-14-13-5-2-3-8-17(13)20-18(14)15;1-10-7-8-12(13-9-10)11-5-3-2-4-6-11;/h2-6,8,11H,9-10H2,1H3;2-5,7-9H,1H3;/q2*-1;/i1D3,9D,10D;1D3,2D,3D,4D,5D,7D,8D,9D;. The molecular weight excluding hydrogens is 613 g/mol. The van der Waals surface area contributed by atoms with Gasteiger partial charge in [-0.3, -0.25) is 0 Å². The van der Waals surface area contributed by atoms with Crippen molar-refractivity contribution >= 4 is 37.2 Å². The molecule has 3 aromatic carbocycles. The van der Waals surface area contributed by atoms with Crippen LogP contribution in [0.15, 0.2) is 95.6 Å². The van der Waals surface area contributed by atoms with E-state index in [-0.39, 0.29) is 36.9 Å². The third-order valence-corrected chi connectivity index (χ3v) is 5.88. The maximum atomic E-state index is 8.37. The number of aliphatic imine (C=N–C) groups is 1. The van der Waals surface area contributed by atoms with Gasteiger partial charge in [0.15, 0.2) is 0 Å². The quantitative estimate of drug-likeness (QED) is 0.177. The SMILES string of the molecule is [2H]C1C(C([2H])([2H])[2H])=CN=C(c2[c-]ccc3c2sc2ccccc23)C1[2H].[2H]c1[c-]c(-c2nc([2H])c(C([2H])([2H])[2H])c([2H])c2[2H])c([2H])c([2H])c1[2H].[Ir]. The number of nitrogens with zero attached hydrogens (tertiary/aromatic N) is 2. The van der Waals surface area contributed by atoms with Crippen LogP contribution in [0, 0.1) is 19.0 Å². The van der Waals surface area contributed by atoms with Gasteiger partial charge >= 0.3 is 0 Å². The summed E-state index contributed by atoms with van der Waals surface area (Å²) in [4.78, 5) is 7.92. The zero-order valence-corrected chi connectivity index (χ0v) is 20.5. The van der Waals surface area contributed by atoms with Gasteiger partial charge in [0.05, 0.1) is 4.11 Å². The number of fused-ring (bicyclic) bond motifs is 3. The number of pyridine rings is 1. The van der Waals surface area contributed by atoms with E-state index in [1.54, 1.807) is 17.4 Å². The second-order valence-corrected chi connectivity index (χ2v) is 7.88. The largest absolute Gasteiger partial charge is 0.309 e. The topological polar surface area (TPSA) is 25.2 Å². The molecule has 171 valence electrons. The molecule has 4 heteroatoms. The molecule has 0 spiro atoms. The first kappa shape index (κ1) is 11.7. The Hall–Kier alpha value is -2.91. The van der Waals surface area contributed by atoms with Gasteiger partial charge in [0, 0.05) is 50.9 Å². The molecule has 1 aliphatic rings. The average Bonchev–Trinajstić information content (AvgIpc) is 3.39. The van der Waals surface area contributed by atoms with Crippen LogP contribution in [0.4, 0.5) is 0 Å². The summed E-state index contributed by atoms with van der Waals surface area (Å²) in [5.41, 5.74) is -0.311. The molecule has 2 atom stereocenters. The molecule has 0 saturated carbocycles. The smallest absolute Gasteiger partial charge is 0.0832 e. The summed E-state index contributed by atoms with van der Waals surface area (Å²) in [5.74, 6) is 0. The van der Waals surface area contributed by atoms with Gasteiger partial charge in [-0.1, -0.05) is 41.2 Å². The van der Waals surface area contributed by atoms with Crippen molar-refractivity contribution in [2.75, 3.05) is 0 Å². The normalized spacial score (nSPS) is 24.3. The monoisotopic (exact) mass is 652 g/mol. The third-order valence-electron chi connectivity index (χ3n) is 4.68. The summed E-state index contributed by atoms with van der Waals surface area (Å²) >= 11 is 1.60. The molecule has 0 saturated heterocycles. The van der Waals surface area contributed by atoms with E-state index in [1.807, 2.05) is 24.3 Å². The molecule has 6 rings (SSSR count). The Bertz CT molecular complexity index is 2140. The first-order chi connectivity index (χ1) is 22.3. The Balaban J connectivity index is 0.000000217. The summed E-state index contributed by atoms with van der Waals surface area (Å²) in [6.45, 7) is -5.18. The van der Waals surface area contributed by atoms with Gasteiger partial charge in [0.1, 0.15) is 0 Å². The Kier molecular flexibility index (Phi) is 3.78. The summed E-state index contributed by atoms with van der Waals surface area (Å²) < 4.78 is 117. The van der Waals surface area contributed by atoms with Gasteiger partial charge in [-0.25, -0.2) is 0 Å². The molecule has 0 fully saturated rings. The first-order valence-corrected chi connectivity index (χ1v) is 10.6. The van der Waals surface area contributed by atoms with Gasteiger partial charge in [0.2, 0.25) is 0 Å². The minimum absolute atomic E-state index is 0. The number of hydrogen-bond donors (Lipinski definition) is 0. The molecule has 0 amide bonds. The molecule has 0 aliphatic carbocycles. The van der Waals surface area contributed by atoms with E-state index < -0.39 is 74.5 Å². The number of benzene rings is 3. The van der Waals surface area contributed by atoms with Gasteiger partial charge in [-0.15, -0.1) is 59.6 Å². The third kappa shape index (κ3) is 5.25. The molecule has 0 bridgehead atoms. The molecule has 1 aliphatic heterocycles. The summed E-state index contributed by atoms with van der Waals surface area (Å²) in [6, 6.07) is 13.9. The summed E-state index contributed by atoms with van der Waals surface area (Å²) in [7, 11) is 0. The van der Waals surface area contributed by atoms with Crippen molar-refractivity contribution in [2.45, 2.75) is 26.5 Å². The molecule has 0 N–H and O–H groups in total. The Morgan fingerprint density at radius 3 is 2.88 bits per heavy atom. The van der Waals surface area contributed by atoms with Gasteiger partial charge < -0.3 is 9.98 Å². The Morgan fingerprint density at radius 2 is 1.97 bits per heavy atom. The van der Waals surface area contributed by atoms with Crippen LogP contribution in [0.3, 0.4) is 0 Å². The van der Waals surface area contributed by atoms with Crippen LogP contribution in [-0.4, -0.2) is 10.7 Å². The van der Waals surface area contributed by atoms with Gasteiger partial charge in [-0.2, -0.15) is 11.3 Å². The summed E-state index contributed by atoms with van der Waals surface area (Å²) in [5, 5.41) is 2.20. The minimum Gasteiger partial charge on any atom is -0.309 e. The number of aromatic nitrogens is 1. The second-order valence-electron chi connectivity index (χ2n) is 6.82. The predicted molar refractivity (Wildman–Crippen MR) is 141 cm³/mol. The van der Waals surface area contributed by atoms with E-state index >= 15 is 0 Å². The fraction of sp³-hybridized carbons (Fsp3) is 0.133. The van der Waals surface area contributed by atoms with Crippen molar-refractivity contribution in [3.63, 3.8) is 0 Å². The van der Waals surface area contributed by atoms with Crippen LogP contribution >= 0.6 is 11.3 Å². The van der Waals surface area contributed by atoms with Gasteiger partial charge in [-0.05, 0) is 62.4 Å². The van der Waals surface area contributed by atoms with E-state index in [0.29, 0.717) is 11.3 Å². The average molecular weight is 652 g/mol. The van der Waals surface area contributed by atoms with Crippen molar-refractivity contribution < 1.29 is 40.7 Å². The zero-order valence-electron chi connectivity index (χ0n) is 32.3. The second kappa shape index (κ2) is 11.0. The fourth-order valence-corrected chi connectivity index (χ4v) is 4.41. The van der Waals surface area contributed by atoms with Crippen molar-refractivity contribution in [1.29, 1.82) is 0 Å². The molecule has 3 heterocycles. The molecule has 2 aromatic heterocycles. The maximum absolute atomic E-state index is 8.37. The van der Waals surface area contributed by atoms with Crippen LogP contribution in [0.1, 0.15) is 51.3 Å². The van der Waals surface area contributed by atoms with Crippen molar-refractivity contribution in [3.05, 3.63) is 114 Å². The molecule has 2 nitrogen and oxygen atoms in total. The van der Waals surface area contributed by atoms with Crippen molar-refractivity contribution in [1.82, 2.24) is 4.98 Å². The number of allylic oxidation sites excluding steroid dienone is 1. The number of hydrogen-bond acceptors (Lipinski definition) is 3. The van der Waals surface area contributed by atoms with Crippen LogP contribution in [0.25, 0.3) is 31.4 Å². The van der Waals surface area contributed by atoms with E-state index in [0.717, 1.165) is 20.2 Å². The predicted octanol–water partition coefficient (Wildman–Crippen LogP) is 8.20. The van der Waals surface area contributed by atoms with Crippen LogP contribution in [0.5, 0.6) is 0 Å². The van der Waals surface area contributed by atoms with Crippen LogP contribution in [-0.2, 0) is 20.1 Å². The van der Waals surface area contributed by atoms with Crippen molar-refractivity contribution in [2.24, 2.45) is 4.99 Å². The molecule has 1 radical (unpaired) electrons. The van der Waals surface area contributed by atoms with E-state index in [2.05, 4.69) is 28.2 Å². The molecule has 2 unspecified atom stereocenters. The molecular formula is C30H24IrN2S-2. The van der Waals surface area contributed by atoms with Crippen LogP contribution in [0.2, 0.25) is 0 Å². The Labute approximate surface area is 239 Å². The van der Waals surface area contributed by atoms with Crippen molar-refractivity contribution in [3.8, 4) is 11.3 Å². The van der Waals surface area contributed by atoms with E-state index in [9.17, 15) is 0 Å². The fourth-order valence-electron chi connectivity index (χ4n) is 3.20. The summed E-state index contributed by atoms with van der Waals surface area (Å²) in [6.07, 6.45) is -1.70. The zero-order chi connectivity index (χ0) is 35.5. The van der Waals surface area contributed by atoms with Gasteiger partial charge in [0.25, 0.3) is 0 Å². The Morgan fingerprint density at radius 1 is 1.03 bits per heavy atom. The number of rotatable bonds is 2.